The standard InChI is InChI=1S/C21H19ClN2O4S/c22-20-6-2-1-4-17(20)14-23-21(25)12-9-16-7-10-19(11-8-16)29(26,27)24-15-18-5-3-13-28-18/h1-13,24H,14-15H2,(H,23,25)/b12-9+. The van der Waals surface area contributed by atoms with Crippen molar-refractivity contribution in [2.45, 2.75) is 18.0 Å². The number of hydrogen-bond donors (Lipinski definition) is 2. The maximum Gasteiger partial charge on any atom is 0.244 e. The van der Waals surface area contributed by atoms with Gasteiger partial charge in [-0.2, -0.15) is 0 Å². The van der Waals surface area contributed by atoms with Crippen LogP contribution >= 0.6 is 11.6 Å². The molecule has 6 nitrogen and oxygen atoms in total. The van der Waals surface area contributed by atoms with Gasteiger partial charge in [0.15, 0.2) is 0 Å². The van der Waals surface area contributed by atoms with E-state index >= 15 is 0 Å². The predicted molar refractivity (Wildman–Crippen MR) is 112 cm³/mol. The minimum atomic E-state index is -3.65. The molecule has 150 valence electrons. The first-order valence-electron chi connectivity index (χ1n) is 8.75. The minimum Gasteiger partial charge on any atom is -0.468 e. The summed E-state index contributed by atoms with van der Waals surface area (Å²) in [5.74, 6) is 0.248. The summed E-state index contributed by atoms with van der Waals surface area (Å²) in [7, 11) is -3.65. The van der Waals surface area contributed by atoms with Crippen LogP contribution in [0.3, 0.4) is 0 Å². The highest BCUT2D eigenvalue weighted by Crippen LogP contribution is 2.15. The van der Waals surface area contributed by atoms with E-state index in [2.05, 4.69) is 10.0 Å². The molecule has 0 atom stereocenters. The lowest BCUT2D eigenvalue weighted by atomic mass is 10.2. The summed E-state index contributed by atoms with van der Waals surface area (Å²) < 4.78 is 32.2. The molecule has 1 amide bonds. The van der Waals surface area contributed by atoms with Crippen molar-refractivity contribution in [1.82, 2.24) is 10.0 Å². The highest BCUT2D eigenvalue weighted by atomic mass is 35.5. The van der Waals surface area contributed by atoms with Crippen LogP contribution in [0.4, 0.5) is 0 Å². The van der Waals surface area contributed by atoms with Crippen LogP contribution in [0.1, 0.15) is 16.9 Å². The Balaban J connectivity index is 1.55. The zero-order valence-corrected chi connectivity index (χ0v) is 16.9. The number of nitrogens with one attached hydrogen (secondary N) is 2. The van der Waals surface area contributed by atoms with Gasteiger partial charge in [-0.1, -0.05) is 41.9 Å². The molecule has 0 fully saturated rings. The Hall–Kier alpha value is -2.87. The molecule has 0 saturated carbocycles. The van der Waals surface area contributed by atoms with Gasteiger partial charge in [-0.25, -0.2) is 13.1 Å². The molecule has 2 N–H and O–H groups in total. The average molecular weight is 431 g/mol. The fourth-order valence-electron chi connectivity index (χ4n) is 2.48. The van der Waals surface area contributed by atoms with E-state index in [0.29, 0.717) is 22.9 Å². The van der Waals surface area contributed by atoms with Gasteiger partial charge in [-0.15, -0.1) is 0 Å². The lowest BCUT2D eigenvalue weighted by Gasteiger charge is -2.06. The lowest BCUT2D eigenvalue weighted by Crippen LogP contribution is -2.22. The molecular weight excluding hydrogens is 412 g/mol. The van der Waals surface area contributed by atoms with E-state index in [9.17, 15) is 13.2 Å². The van der Waals surface area contributed by atoms with Crippen LogP contribution in [0.2, 0.25) is 5.02 Å². The number of sulfonamides is 1. The Labute approximate surface area is 174 Å². The average Bonchev–Trinajstić information content (AvgIpc) is 3.24. The molecule has 0 spiro atoms. The van der Waals surface area contributed by atoms with Crippen LogP contribution < -0.4 is 10.0 Å². The zero-order chi connectivity index (χ0) is 20.7. The summed E-state index contributed by atoms with van der Waals surface area (Å²) in [5, 5.41) is 3.34. The highest BCUT2D eigenvalue weighted by Gasteiger charge is 2.14. The first-order chi connectivity index (χ1) is 13.9. The van der Waals surface area contributed by atoms with Crippen molar-refractivity contribution in [3.05, 3.63) is 94.9 Å². The molecular formula is C21H19ClN2O4S. The minimum absolute atomic E-state index is 0.0720. The summed E-state index contributed by atoms with van der Waals surface area (Å²) in [6.07, 6.45) is 4.47. The van der Waals surface area contributed by atoms with Crippen LogP contribution in [-0.2, 0) is 27.9 Å². The highest BCUT2D eigenvalue weighted by molar-refractivity contribution is 7.89. The van der Waals surface area contributed by atoms with E-state index in [1.807, 2.05) is 18.2 Å². The van der Waals surface area contributed by atoms with E-state index in [0.717, 1.165) is 5.56 Å². The number of halogens is 1. The molecule has 0 radical (unpaired) electrons. The summed E-state index contributed by atoms with van der Waals surface area (Å²) in [6.45, 7) is 0.393. The normalized spacial score (nSPS) is 11.6. The van der Waals surface area contributed by atoms with Crippen LogP contribution in [0, 0.1) is 0 Å². The zero-order valence-electron chi connectivity index (χ0n) is 15.3. The Morgan fingerprint density at radius 1 is 1.00 bits per heavy atom. The van der Waals surface area contributed by atoms with Gasteiger partial charge in [0.2, 0.25) is 15.9 Å². The molecule has 8 heteroatoms. The van der Waals surface area contributed by atoms with Gasteiger partial charge in [0, 0.05) is 17.6 Å². The molecule has 0 bridgehead atoms. The Morgan fingerprint density at radius 3 is 2.45 bits per heavy atom. The van der Waals surface area contributed by atoms with E-state index in [4.69, 9.17) is 16.0 Å². The van der Waals surface area contributed by atoms with Gasteiger partial charge in [-0.05, 0) is 47.5 Å². The van der Waals surface area contributed by atoms with Crippen LogP contribution in [0.15, 0.2) is 82.3 Å². The van der Waals surface area contributed by atoms with Crippen LogP contribution in [0.25, 0.3) is 6.08 Å². The quantitative estimate of drug-likeness (QED) is 0.533. The second kappa shape index (κ2) is 9.56. The van der Waals surface area contributed by atoms with Crippen molar-refractivity contribution in [1.29, 1.82) is 0 Å². The molecule has 1 heterocycles. The Kier molecular flexibility index (Phi) is 6.87. The number of amides is 1. The Bertz CT molecular complexity index is 1090. The second-order valence-electron chi connectivity index (χ2n) is 6.12. The summed E-state index contributed by atoms with van der Waals surface area (Å²) >= 11 is 6.05. The van der Waals surface area contributed by atoms with E-state index in [-0.39, 0.29) is 17.3 Å². The van der Waals surface area contributed by atoms with E-state index in [1.165, 1.54) is 24.5 Å². The third-order valence-corrected chi connectivity index (χ3v) is 5.83. The smallest absolute Gasteiger partial charge is 0.244 e. The van der Waals surface area contributed by atoms with Gasteiger partial charge < -0.3 is 9.73 Å². The number of furan rings is 1. The van der Waals surface area contributed by atoms with Crippen molar-refractivity contribution in [2.24, 2.45) is 0 Å². The first-order valence-corrected chi connectivity index (χ1v) is 10.6. The molecule has 0 aliphatic carbocycles. The number of benzene rings is 2. The molecule has 1 aromatic heterocycles. The van der Waals surface area contributed by atoms with Gasteiger partial charge in [-0.3, -0.25) is 4.79 Å². The largest absolute Gasteiger partial charge is 0.468 e. The molecule has 0 aliphatic heterocycles. The second-order valence-corrected chi connectivity index (χ2v) is 8.29. The maximum absolute atomic E-state index is 12.3. The molecule has 29 heavy (non-hydrogen) atoms. The molecule has 3 aromatic rings. The summed E-state index contributed by atoms with van der Waals surface area (Å²) in [5.41, 5.74) is 1.52. The monoisotopic (exact) mass is 430 g/mol. The van der Waals surface area contributed by atoms with Gasteiger partial charge >= 0.3 is 0 Å². The number of carbonyl (C=O) groups excluding carboxylic acids is 1. The fourth-order valence-corrected chi connectivity index (χ4v) is 3.67. The van der Waals surface area contributed by atoms with Crippen molar-refractivity contribution in [3.63, 3.8) is 0 Å². The molecule has 2 aromatic carbocycles. The van der Waals surface area contributed by atoms with Crippen molar-refractivity contribution in [2.75, 3.05) is 0 Å². The topological polar surface area (TPSA) is 88.4 Å². The number of carbonyl (C=O) groups is 1. The van der Waals surface area contributed by atoms with Gasteiger partial charge in [0.1, 0.15) is 5.76 Å². The molecule has 0 aliphatic rings. The molecule has 0 unspecified atom stereocenters. The van der Waals surface area contributed by atoms with Gasteiger partial charge in [0.05, 0.1) is 17.7 Å². The first kappa shape index (κ1) is 20.9. The van der Waals surface area contributed by atoms with Crippen LogP contribution in [-0.4, -0.2) is 14.3 Å². The van der Waals surface area contributed by atoms with Gasteiger partial charge in [0.25, 0.3) is 0 Å². The van der Waals surface area contributed by atoms with E-state index in [1.54, 1.807) is 36.4 Å². The van der Waals surface area contributed by atoms with Crippen molar-refractivity contribution in [3.8, 4) is 0 Å². The lowest BCUT2D eigenvalue weighted by molar-refractivity contribution is -0.116. The third kappa shape index (κ3) is 6.05. The van der Waals surface area contributed by atoms with Crippen molar-refractivity contribution < 1.29 is 17.6 Å². The Morgan fingerprint density at radius 2 is 1.76 bits per heavy atom. The summed E-state index contributed by atoms with van der Waals surface area (Å²) in [6, 6.07) is 16.9. The number of rotatable bonds is 8. The van der Waals surface area contributed by atoms with Crippen molar-refractivity contribution >= 4 is 33.6 Å². The predicted octanol–water partition coefficient (Wildman–Crippen LogP) is 3.74. The van der Waals surface area contributed by atoms with E-state index < -0.39 is 10.0 Å². The molecule has 0 saturated heterocycles. The maximum atomic E-state index is 12.3. The number of hydrogen-bond acceptors (Lipinski definition) is 4. The summed E-state index contributed by atoms with van der Waals surface area (Å²) in [4.78, 5) is 12.1. The fraction of sp³-hybridized carbons (Fsp3) is 0.0952. The van der Waals surface area contributed by atoms with Crippen LogP contribution in [0.5, 0.6) is 0 Å². The molecule has 3 rings (SSSR count). The third-order valence-electron chi connectivity index (χ3n) is 4.04. The SMILES string of the molecule is O=C(/C=C/c1ccc(S(=O)(=O)NCc2ccco2)cc1)NCc1ccccc1Cl.